The van der Waals surface area contributed by atoms with Gasteiger partial charge in [-0.2, -0.15) is 13.2 Å². The number of halogens is 5. The number of aromatic amines is 1. The number of carbonyl (C=O) groups excluding carboxylic acids is 1. The lowest BCUT2D eigenvalue weighted by Crippen LogP contribution is -2.27. The van der Waals surface area contributed by atoms with Gasteiger partial charge in [-0.05, 0) is 42.0 Å². The number of carbonyl (C=O) groups is 1. The lowest BCUT2D eigenvalue weighted by atomic mass is 10.1. The minimum atomic E-state index is -4.49. The Hall–Kier alpha value is -3.37. The van der Waals surface area contributed by atoms with E-state index in [0.29, 0.717) is 10.7 Å². The largest absolute Gasteiger partial charge is 0.416 e. The quantitative estimate of drug-likeness (QED) is 0.208. The number of H-pyrrole nitrogens is 1. The number of rotatable bonds is 7. The molecule has 0 spiro atoms. The minimum absolute atomic E-state index is 0.105. The van der Waals surface area contributed by atoms with Crippen molar-refractivity contribution in [3.63, 3.8) is 0 Å². The molecule has 2 heterocycles. The summed E-state index contributed by atoms with van der Waals surface area (Å²) in [5.74, 6) is -0.755. The van der Waals surface area contributed by atoms with Gasteiger partial charge in [-0.3, -0.25) is 9.78 Å². The molecule has 0 aliphatic rings. The van der Waals surface area contributed by atoms with E-state index in [9.17, 15) is 22.4 Å². The highest BCUT2D eigenvalue weighted by Crippen LogP contribution is 2.34. The molecule has 2 aromatic heterocycles. The molecule has 0 fully saturated rings. The molecule has 0 aliphatic carbocycles. The number of amides is 1. The summed E-state index contributed by atoms with van der Waals surface area (Å²) < 4.78 is 53.3. The van der Waals surface area contributed by atoms with Gasteiger partial charge in [0.05, 0.1) is 5.56 Å². The summed E-state index contributed by atoms with van der Waals surface area (Å²) in [6.45, 7) is 0.278. The summed E-state index contributed by atoms with van der Waals surface area (Å²) in [6, 6.07) is 12.3. The van der Waals surface area contributed by atoms with Crippen LogP contribution in [-0.2, 0) is 18.5 Å². The molecule has 11 heteroatoms. The van der Waals surface area contributed by atoms with Crippen LogP contribution in [0.15, 0.2) is 72.1 Å². The molecule has 0 saturated heterocycles. The first-order valence-electron chi connectivity index (χ1n) is 10.6. The van der Waals surface area contributed by atoms with Crippen molar-refractivity contribution in [1.29, 1.82) is 0 Å². The SMILES string of the molecule is CN(Cc1ccncc1)C(=O)c1[nH]c(SCc2c(F)cccc2Cl)nc1-c1ccc(C(F)(F)F)cc1. The number of hydrogen-bond donors (Lipinski definition) is 1. The second-order valence-electron chi connectivity index (χ2n) is 7.85. The van der Waals surface area contributed by atoms with E-state index in [4.69, 9.17) is 11.6 Å². The lowest BCUT2D eigenvalue weighted by molar-refractivity contribution is -0.137. The standard InChI is InChI=1S/C25H19ClF4N4OS/c1-34(13-15-9-11-31-12-10-15)23(35)22-21(16-5-7-17(8-6-16)25(28,29)30)32-24(33-22)36-14-18-19(26)3-2-4-20(18)27/h2-12H,13-14H2,1H3,(H,32,33). The van der Waals surface area contributed by atoms with Crippen LogP contribution in [0.5, 0.6) is 0 Å². The first kappa shape index (κ1) is 25.7. The first-order chi connectivity index (χ1) is 17.1. The lowest BCUT2D eigenvalue weighted by Gasteiger charge is -2.17. The number of benzene rings is 2. The molecule has 0 unspecified atom stereocenters. The van der Waals surface area contributed by atoms with E-state index in [-0.39, 0.29) is 34.3 Å². The molecule has 4 rings (SSSR count). The summed E-state index contributed by atoms with van der Waals surface area (Å²) in [5, 5.41) is 0.551. The van der Waals surface area contributed by atoms with Crippen LogP contribution in [0.3, 0.4) is 0 Å². The molecule has 0 radical (unpaired) electrons. The maximum absolute atomic E-state index is 14.2. The first-order valence-corrected chi connectivity index (χ1v) is 12.0. The third kappa shape index (κ3) is 5.88. The Kier molecular flexibility index (Phi) is 7.65. The van der Waals surface area contributed by atoms with Crippen molar-refractivity contribution in [2.45, 2.75) is 23.6 Å². The van der Waals surface area contributed by atoms with Crippen molar-refractivity contribution in [3.8, 4) is 11.3 Å². The zero-order valence-electron chi connectivity index (χ0n) is 18.8. The topological polar surface area (TPSA) is 61.9 Å². The van der Waals surface area contributed by atoms with E-state index in [1.54, 1.807) is 37.6 Å². The Bertz CT molecular complexity index is 1340. The molecule has 0 atom stereocenters. The molecule has 36 heavy (non-hydrogen) atoms. The van der Waals surface area contributed by atoms with Crippen LogP contribution in [0.4, 0.5) is 17.6 Å². The third-order valence-corrected chi connectivity index (χ3v) is 6.57. The smallest absolute Gasteiger partial charge is 0.336 e. The number of imidazole rings is 1. The molecule has 4 aromatic rings. The van der Waals surface area contributed by atoms with Gasteiger partial charge >= 0.3 is 6.18 Å². The number of thioether (sulfide) groups is 1. The van der Waals surface area contributed by atoms with Crippen LogP contribution in [-0.4, -0.2) is 32.8 Å². The maximum Gasteiger partial charge on any atom is 0.416 e. The van der Waals surface area contributed by atoms with Crippen LogP contribution in [0, 0.1) is 5.82 Å². The van der Waals surface area contributed by atoms with Crippen molar-refractivity contribution < 1.29 is 22.4 Å². The molecular weight excluding hydrogens is 516 g/mol. The average Bonchev–Trinajstić information content (AvgIpc) is 3.27. The average molecular weight is 535 g/mol. The highest BCUT2D eigenvalue weighted by atomic mass is 35.5. The number of pyridine rings is 1. The van der Waals surface area contributed by atoms with E-state index < -0.39 is 23.5 Å². The van der Waals surface area contributed by atoms with Crippen LogP contribution < -0.4 is 0 Å². The number of nitrogens with one attached hydrogen (secondary N) is 1. The van der Waals surface area contributed by atoms with E-state index >= 15 is 0 Å². The van der Waals surface area contributed by atoms with Crippen molar-refractivity contribution in [2.75, 3.05) is 7.05 Å². The number of aromatic nitrogens is 3. The summed E-state index contributed by atoms with van der Waals surface area (Å²) in [4.78, 5) is 26.2. The molecule has 2 aromatic carbocycles. The van der Waals surface area contributed by atoms with Gasteiger partial charge in [0, 0.05) is 47.9 Å². The Morgan fingerprint density at radius 1 is 1.08 bits per heavy atom. The second kappa shape index (κ2) is 10.7. The van der Waals surface area contributed by atoms with Crippen molar-refractivity contribution >= 4 is 29.3 Å². The number of hydrogen-bond acceptors (Lipinski definition) is 4. The van der Waals surface area contributed by atoms with Gasteiger partial charge in [0.15, 0.2) is 5.16 Å². The van der Waals surface area contributed by atoms with Gasteiger partial charge in [0.1, 0.15) is 17.2 Å². The van der Waals surface area contributed by atoms with Gasteiger partial charge in [-0.15, -0.1) is 0 Å². The van der Waals surface area contributed by atoms with Gasteiger partial charge in [-0.25, -0.2) is 9.37 Å². The van der Waals surface area contributed by atoms with Crippen LogP contribution in [0.25, 0.3) is 11.3 Å². The third-order valence-electron chi connectivity index (χ3n) is 5.31. The number of nitrogens with zero attached hydrogens (tertiary/aromatic N) is 3. The predicted octanol–water partition coefficient (Wildman–Crippen LogP) is 6.85. The Morgan fingerprint density at radius 3 is 2.42 bits per heavy atom. The maximum atomic E-state index is 14.2. The zero-order valence-corrected chi connectivity index (χ0v) is 20.4. The molecule has 0 aliphatic heterocycles. The molecule has 186 valence electrons. The number of alkyl halides is 3. The van der Waals surface area contributed by atoms with E-state index in [1.165, 1.54) is 29.2 Å². The summed E-state index contributed by atoms with van der Waals surface area (Å²) >= 11 is 7.23. The summed E-state index contributed by atoms with van der Waals surface area (Å²) in [6.07, 6.45) is -1.27. The van der Waals surface area contributed by atoms with Crippen LogP contribution in [0.1, 0.15) is 27.2 Å². The minimum Gasteiger partial charge on any atom is -0.336 e. The molecule has 5 nitrogen and oxygen atoms in total. The summed E-state index contributed by atoms with van der Waals surface area (Å²) in [5.41, 5.74) is 0.939. The predicted molar refractivity (Wildman–Crippen MR) is 130 cm³/mol. The Labute approximate surface area is 213 Å². The Balaban J connectivity index is 1.66. The van der Waals surface area contributed by atoms with Gasteiger partial charge in [-0.1, -0.05) is 41.6 Å². The molecule has 0 bridgehead atoms. The fourth-order valence-electron chi connectivity index (χ4n) is 3.44. The van der Waals surface area contributed by atoms with Crippen molar-refractivity contribution in [2.24, 2.45) is 0 Å². The summed E-state index contributed by atoms with van der Waals surface area (Å²) in [7, 11) is 1.60. The Morgan fingerprint density at radius 2 is 1.78 bits per heavy atom. The van der Waals surface area contributed by atoms with E-state index in [2.05, 4.69) is 15.0 Å². The van der Waals surface area contributed by atoms with Gasteiger partial charge < -0.3 is 9.88 Å². The zero-order chi connectivity index (χ0) is 25.9. The van der Waals surface area contributed by atoms with E-state index in [0.717, 1.165) is 29.5 Å². The van der Waals surface area contributed by atoms with Gasteiger partial charge in [0.25, 0.3) is 5.91 Å². The molecule has 0 saturated carbocycles. The van der Waals surface area contributed by atoms with Crippen LogP contribution in [0.2, 0.25) is 5.02 Å². The molecule has 1 amide bonds. The molecule has 1 N–H and O–H groups in total. The highest BCUT2D eigenvalue weighted by Gasteiger charge is 2.30. The van der Waals surface area contributed by atoms with Crippen LogP contribution >= 0.6 is 23.4 Å². The monoisotopic (exact) mass is 534 g/mol. The van der Waals surface area contributed by atoms with Crippen molar-refractivity contribution in [3.05, 3.63) is 100 Å². The van der Waals surface area contributed by atoms with E-state index in [1.807, 2.05) is 0 Å². The second-order valence-corrected chi connectivity index (χ2v) is 9.22. The fourth-order valence-corrected chi connectivity index (χ4v) is 4.65. The van der Waals surface area contributed by atoms with Crippen molar-refractivity contribution in [1.82, 2.24) is 19.9 Å². The van der Waals surface area contributed by atoms with Gasteiger partial charge in [0.2, 0.25) is 0 Å². The normalized spacial score (nSPS) is 11.5. The highest BCUT2D eigenvalue weighted by molar-refractivity contribution is 7.98. The molecular formula is C25H19ClF4N4OS. The fraction of sp³-hybridized carbons (Fsp3) is 0.160.